The molecule has 8 nitrogen and oxygen atoms in total. The number of hydrogen-bond acceptors (Lipinski definition) is 7. The molecule has 0 unspecified atom stereocenters. The topological polar surface area (TPSA) is 94.4 Å². The third kappa shape index (κ3) is 5.15. The van der Waals surface area contributed by atoms with Gasteiger partial charge in [-0.2, -0.15) is 10.2 Å². The molecule has 2 aromatic carbocycles. The molecule has 1 aromatic heterocycles. The Kier molecular flexibility index (Phi) is 6.74. The molecule has 1 N–H and O–H groups in total. The molecule has 1 aliphatic rings. The second kappa shape index (κ2) is 10.0. The maximum absolute atomic E-state index is 11.8. The Morgan fingerprint density at radius 1 is 1.12 bits per heavy atom. The van der Waals surface area contributed by atoms with Gasteiger partial charge in [0.2, 0.25) is 17.7 Å². The lowest BCUT2D eigenvalue weighted by atomic mass is 10.1. The molecule has 1 fully saturated rings. The summed E-state index contributed by atoms with van der Waals surface area (Å²) in [7, 11) is 0. The summed E-state index contributed by atoms with van der Waals surface area (Å²) in [5, 5.41) is 12.3. The van der Waals surface area contributed by atoms with Crippen molar-refractivity contribution in [3.05, 3.63) is 78.0 Å². The van der Waals surface area contributed by atoms with Gasteiger partial charge in [0.15, 0.2) is 0 Å². The Morgan fingerprint density at radius 2 is 1.79 bits per heavy atom. The van der Waals surface area contributed by atoms with Gasteiger partial charge in [-0.25, -0.2) is 4.98 Å². The van der Waals surface area contributed by atoms with Gasteiger partial charge in [-0.15, -0.1) is 0 Å². The van der Waals surface area contributed by atoms with Crippen molar-refractivity contribution < 1.29 is 9.53 Å². The fraction of sp³-hybridized carbons (Fsp3) is 0.231. The van der Waals surface area contributed by atoms with Crippen LogP contribution in [0.4, 0.5) is 17.3 Å². The standard InChI is InChI=1S/C26H26N6O2/c1-4-24(33)32-13-11-31(12-14-32)22-7-5-21(6-8-22)29-26-28-10-9-23(30-26)34-25-18(2)15-20(17-27)16-19(25)3/h4-10,15-16H,1,11-14H2,2-3H3,(H,28,29,30). The first kappa shape index (κ1) is 22.8. The maximum Gasteiger partial charge on any atom is 0.246 e. The van der Waals surface area contributed by atoms with Gasteiger partial charge < -0.3 is 19.9 Å². The quantitative estimate of drug-likeness (QED) is 0.554. The summed E-state index contributed by atoms with van der Waals surface area (Å²) in [5.74, 6) is 1.50. The van der Waals surface area contributed by atoms with Crippen LogP contribution in [0.15, 0.2) is 61.3 Å². The summed E-state index contributed by atoms with van der Waals surface area (Å²) < 4.78 is 6.01. The molecule has 1 aliphatic heterocycles. The Bertz CT molecular complexity index is 1220. The number of aromatic nitrogens is 2. The zero-order chi connectivity index (χ0) is 24.1. The lowest BCUT2D eigenvalue weighted by Crippen LogP contribution is -2.48. The zero-order valence-corrected chi connectivity index (χ0v) is 19.3. The third-order valence-electron chi connectivity index (χ3n) is 5.68. The predicted octanol–water partition coefficient (Wildman–Crippen LogP) is 4.34. The average Bonchev–Trinajstić information content (AvgIpc) is 2.86. The van der Waals surface area contributed by atoms with E-state index in [0.29, 0.717) is 36.2 Å². The summed E-state index contributed by atoms with van der Waals surface area (Å²) >= 11 is 0. The van der Waals surface area contributed by atoms with Crippen LogP contribution in [-0.4, -0.2) is 47.0 Å². The van der Waals surface area contributed by atoms with Crippen LogP contribution in [0, 0.1) is 25.2 Å². The van der Waals surface area contributed by atoms with Crippen molar-refractivity contribution in [1.29, 1.82) is 5.26 Å². The molecule has 1 amide bonds. The molecule has 0 spiro atoms. The lowest BCUT2D eigenvalue weighted by Gasteiger charge is -2.35. The van der Waals surface area contributed by atoms with Crippen molar-refractivity contribution in [1.82, 2.24) is 14.9 Å². The molecule has 2 heterocycles. The van der Waals surface area contributed by atoms with Crippen molar-refractivity contribution in [2.24, 2.45) is 0 Å². The summed E-state index contributed by atoms with van der Waals surface area (Å²) in [4.78, 5) is 24.6. The smallest absolute Gasteiger partial charge is 0.246 e. The average molecular weight is 455 g/mol. The Labute approximate surface area is 199 Å². The van der Waals surface area contributed by atoms with E-state index in [1.54, 1.807) is 24.4 Å². The molecule has 0 atom stereocenters. The molecule has 34 heavy (non-hydrogen) atoms. The van der Waals surface area contributed by atoms with Gasteiger partial charge in [0.25, 0.3) is 0 Å². The van der Waals surface area contributed by atoms with Crippen molar-refractivity contribution >= 4 is 23.2 Å². The van der Waals surface area contributed by atoms with Crippen LogP contribution in [0.3, 0.4) is 0 Å². The molecule has 0 bridgehead atoms. The highest BCUT2D eigenvalue weighted by molar-refractivity contribution is 5.87. The number of carbonyl (C=O) groups excluding carboxylic acids is 1. The maximum atomic E-state index is 11.8. The van der Waals surface area contributed by atoms with E-state index in [0.717, 1.165) is 35.6 Å². The molecule has 0 saturated carbocycles. The Balaban J connectivity index is 1.41. The molecule has 172 valence electrons. The number of anilines is 3. The van der Waals surface area contributed by atoms with E-state index >= 15 is 0 Å². The molecule has 4 rings (SSSR count). The van der Waals surface area contributed by atoms with E-state index in [-0.39, 0.29) is 5.91 Å². The first-order chi connectivity index (χ1) is 16.5. The molecule has 0 aliphatic carbocycles. The molecular formula is C26H26N6O2. The minimum atomic E-state index is -0.0186. The summed E-state index contributed by atoms with van der Waals surface area (Å²) in [5.41, 5.74) is 4.29. The minimum absolute atomic E-state index is 0.0186. The normalized spacial score (nSPS) is 13.2. The van der Waals surface area contributed by atoms with E-state index in [9.17, 15) is 4.79 Å². The van der Waals surface area contributed by atoms with Crippen LogP contribution < -0.4 is 15.0 Å². The number of nitrogens with zero attached hydrogens (tertiary/aromatic N) is 5. The zero-order valence-electron chi connectivity index (χ0n) is 19.3. The van der Waals surface area contributed by atoms with Gasteiger partial charge >= 0.3 is 0 Å². The van der Waals surface area contributed by atoms with E-state index < -0.39 is 0 Å². The summed E-state index contributed by atoms with van der Waals surface area (Å²) in [6.45, 7) is 10.3. The lowest BCUT2D eigenvalue weighted by molar-refractivity contribution is -0.126. The highest BCUT2D eigenvalue weighted by Crippen LogP contribution is 2.29. The van der Waals surface area contributed by atoms with Gasteiger partial charge in [0.1, 0.15) is 5.75 Å². The van der Waals surface area contributed by atoms with Gasteiger partial charge in [-0.05, 0) is 67.4 Å². The number of carbonyl (C=O) groups is 1. The van der Waals surface area contributed by atoms with Crippen LogP contribution >= 0.6 is 0 Å². The number of hydrogen-bond donors (Lipinski definition) is 1. The van der Waals surface area contributed by atoms with Crippen molar-refractivity contribution in [2.75, 3.05) is 36.4 Å². The fourth-order valence-electron chi connectivity index (χ4n) is 3.94. The van der Waals surface area contributed by atoms with Gasteiger partial charge in [-0.3, -0.25) is 4.79 Å². The van der Waals surface area contributed by atoms with Crippen LogP contribution in [0.5, 0.6) is 11.6 Å². The second-order valence-electron chi connectivity index (χ2n) is 8.06. The van der Waals surface area contributed by atoms with Gasteiger partial charge in [0, 0.05) is 49.8 Å². The number of rotatable bonds is 6. The number of piperazine rings is 1. The van der Waals surface area contributed by atoms with Gasteiger partial charge in [0.05, 0.1) is 11.6 Å². The first-order valence-electron chi connectivity index (χ1n) is 11.0. The number of nitrogens with one attached hydrogen (secondary N) is 1. The van der Waals surface area contributed by atoms with Gasteiger partial charge in [-0.1, -0.05) is 6.58 Å². The van der Waals surface area contributed by atoms with Crippen LogP contribution in [0.2, 0.25) is 0 Å². The van der Waals surface area contributed by atoms with Crippen molar-refractivity contribution in [3.63, 3.8) is 0 Å². The van der Waals surface area contributed by atoms with E-state index in [1.807, 2.05) is 43.0 Å². The number of aryl methyl sites for hydroxylation is 2. The van der Waals surface area contributed by atoms with Crippen LogP contribution in [-0.2, 0) is 4.79 Å². The fourth-order valence-corrected chi connectivity index (χ4v) is 3.94. The van der Waals surface area contributed by atoms with Crippen molar-refractivity contribution in [2.45, 2.75) is 13.8 Å². The molecular weight excluding hydrogens is 428 g/mol. The minimum Gasteiger partial charge on any atom is -0.438 e. The van der Waals surface area contributed by atoms with E-state index in [4.69, 9.17) is 10.00 Å². The molecule has 1 saturated heterocycles. The first-order valence-corrected chi connectivity index (χ1v) is 11.0. The number of benzene rings is 2. The third-order valence-corrected chi connectivity index (χ3v) is 5.68. The second-order valence-corrected chi connectivity index (χ2v) is 8.06. The number of amides is 1. The van der Waals surface area contributed by atoms with E-state index in [1.165, 1.54) is 6.08 Å². The largest absolute Gasteiger partial charge is 0.438 e. The molecule has 8 heteroatoms. The highest BCUT2D eigenvalue weighted by Gasteiger charge is 2.19. The van der Waals surface area contributed by atoms with Crippen LogP contribution in [0.25, 0.3) is 0 Å². The predicted molar refractivity (Wildman–Crippen MR) is 131 cm³/mol. The number of nitriles is 1. The summed E-state index contributed by atoms with van der Waals surface area (Å²) in [6, 6.07) is 15.5. The highest BCUT2D eigenvalue weighted by atomic mass is 16.5. The molecule has 0 radical (unpaired) electrons. The number of ether oxygens (including phenoxy) is 1. The Morgan fingerprint density at radius 3 is 2.41 bits per heavy atom. The van der Waals surface area contributed by atoms with Crippen LogP contribution in [0.1, 0.15) is 16.7 Å². The SMILES string of the molecule is C=CC(=O)N1CCN(c2ccc(Nc3nccc(Oc4c(C)cc(C#N)cc4C)n3)cc2)CC1. The summed E-state index contributed by atoms with van der Waals surface area (Å²) in [6.07, 6.45) is 3.00. The monoisotopic (exact) mass is 454 g/mol. The van der Waals surface area contributed by atoms with Crippen molar-refractivity contribution in [3.8, 4) is 17.7 Å². The Hall–Kier alpha value is -4.38. The molecule has 3 aromatic rings. The van der Waals surface area contributed by atoms with E-state index in [2.05, 4.69) is 32.8 Å².